The number of aromatic nitrogens is 2. The number of likely N-dealkylation sites (N-methyl/N-ethyl adjacent to an activating group) is 1. The molecule has 6 heteroatoms. The summed E-state index contributed by atoms with van der Waals surface area (Å²) in [7, 11) is 2.07. The van der Waals surface area contributed by atoms with Crippen LogP contribution < -0.4 is 0 Å². The molecule has 1 N–H and O–H groups in total. The molecule has 1 fully saturated rings. The number of imidazole rings is 1. The van der Waals surface area contributed by atoms with Crippen molar-refractivity contribution in [3.05, 3.63) is 28.5 Å². The molecule has 102 valence electrons. The number of rotatable bonds is 2. The van der Waals surface area contributed by atoms with Gasteiger partial charge in [0, 0.05) is 18.7 Å². The fourth-order valence-corrected chi connectivity index (χ4v) is 3.06. The van der Waals surface area contributed by atoms with E-state index in [4.69, 9.17) is 12.2 Å². The molecule has 0 radical (unpaired) electrons. The number of nitrogens with one attached hydrogen (secondary N) is 1. The zero-order valence-corrected chi connectivity index (χ0v) is 11.4. The number of H-pyrrole nitrogens is 1. The summed E-state index contributed by atoms with van der Waals surface area (Å²) in [4.78, 5) is 5.09. The minimum atomic E-state index is -0.598. The van der Waals surface area contributed by atoms with Gasteiger partial charge in [-0.25, -0.2) is 8.78 Å². The minimum Gasteiger partial charge on any atom is -0.328 e. The predicted molar refractivity (Wildman–Crippen MR) is 72.7 cm³/mol. The number of fused-ring (bicyclic) bond motifs is 1. The normalized spacial score (nSPS) is 20.5. The predicted octanol–water partition coefficient (Wildman–Crippen LogP) is 3.07. The molecule has 3 rings (SSSR count). The molecular formula is C13H15F2N3S. The molecule has 0 saturated carbocycles. The average Bonchev–Trinajstić information content (AvgIpc) is 2.87. The molecule has 0 amide bonds. The zero-order chi connectivity index (χ0) is 13.6. The van der Waals surface area contributed by atoms with Crippen LogP contribution in [0.2, 0.25) is 0 Å². The first kappa shape index (κ1) is 12.7. The first-order valence-corrected chi connectivity index (χ1v) is 6.75. The number of hydrogen-bond acceptors (Lipinski definition) is 2. The Morgan fingerprint density at radius 1 is 1.42 bits per heavy atom. The van der Waals surface area contributed by atoms with Crippen LogP contribution in [0.25, 0.3) is 11.0 Å². The number of nitrogens with zero attached hydrogens (tertiary/aromatic N) is 2. The van der Waals surface area contributed by atoms with E-state index in [2.05, 4.69) is 16.9 Å². The highest BCUT2D eigenvalue weighted by atomic mass is 32.1. The Balaban J connectivity index is 2.07. The van der Waals surface area contributed by atoms with Gasteiger partial charge in [0.25, 0.3) is 0 Å². The molecule has 0 spiro atoms. The molecule has 1 aromatic heterocycles. The van der Waals surface area contributed by atoms with Crippen molar-refractivity contribution in [1.29, 1.82) is 0 Å². The summed E-state index contributed by atoms with van der Waals surface area (Å²) in [5.41, 5.74) is 0.787. The topological polar surface area (TPSA) is 24.0 Å². The van der Waals surface area contributed by atoms with Crippen molar-refractivity contribution < 1.29 is 8.78 Å². The lowest BCUT2D eigenvalue weighted by atomic mass is 10.2. The third-order valence-electron chi connectivity index (χ3n) is 3.87. The summed E-state index contributed by atoms with van der Waals surface area (Å²) >= 11 is 5.23. The average molecular weight is 283 g/mol. The van der Waals surface area contributed by atoms with E-state index in [0.717, 1.165) is 25.5 Å². The standard InChI is InChI=1S/C13H15F2N3S/c1-17-4-2-3-9(17)7-18-11-6-8(14)5-10(15)12(11)16-13(18)19/h5-6,9H,2-4,7H2,1H3,(H,16,19). The van der Waals surface area contributed by atoms with Crippen LogP contribution in [0.3, 0.4) is 0 Å². The minimum absolute atomic E-state index is 0.284. The summed E-state index contributed by atoms with van der Waals surface area (Å²) in [6, 6.07) is 2.58. The Morgan fingerprint density at radius 3 is 2.89 bits per heavy atom. The van der Waals surface area contributed by atoms with Gasteiger partial charge in [0.15, 0.2) is 10.6 Å². The van der Waals surface area contributed by atoms with Gasteiger partial charge in [0.05, 0.1) is 5.52 Å². The van der Waals surface area contributed by atoms with Crippen LogP contribution in [0.1, 0.15) is 12.8 Å². The van der Waals surface area contributed by atoms with Gasteiger partial charge < -0.3 is 14.5 Å². The smallest absolute Gasteiger partial charge is 0.178 e. The molecule has 2 heterocycles. The number of aromatic amines is 1. The molecule has 1 aromatic carbocycles. The molecule has 19 heavy (non-hydrogen) atoms. The molecule has 2 aromatic rings. The fourth-order valence-electron chi connectivity index (χ4n) is 2.78. The molecular weight excluding hydrogens is 268 g/mol. The third kappa shape index (κ3) is 2.19. The Kier molecular flexibility index (Phi) is 3.14. The highest BCUT2D eigenvalue weighted by molar-refractivity contribution is 7.71. The summed E-state index contributed by atoms with van der Waals surface area (Å²) in [5, 5.41) is 0. The molecule has 1 aliphatic heterocycles. The quantitative estimate of drug-likeness (QED) is 0.856. The van der Waals surface area contributed by atoms with E-state index in [9.17, 15) is 8.78 Å². The molecule has 1 atom stereocenters. The van der Waals surface area contributed by atoms with Crippen LogP contribution in [-0.4, -0.2) is 34.1 Å². The summed E-state index contributed by atoms with van der Waals surface area (Å²) in [5.74, 6) is -1.17. The van der Waals surface area contributed by atoms with Gasteiger partial charge in [-0.05, 0) is 44.7 Å². The highest BCUT2D eigenvalue weighted by Gasteiger charge is 2.22. The van der Waals surface area contributed by atoms with Crippen LogP contribution in [0.4, 0.5) is 8.78 Å². The van der Waals surface area contributed by atoms with E-state index < -0.39 is 11.6 Å². The Hall–Kier alpha value is -1.27. The van der Waals surface area contributed by atoms with Gasteiger partial charge in [-0.2, -0.15) is 0 Å². The van der Waals surface area contributed by atoms with E-state index in [0.29, 0.717) is 22.9 Å². The second kappa shape index (κ2) is 4.68. The third-order valence-corrected chi connectivity index (χ3v) is 4.19. The molecule has 1 aliphatic rings. The van der Waals surface area contributed by atoms with Gasteiger partial charge in [-0.1, -0.05) is 0 Å². The van der Waals surface area contributed by atoms with Crippen LogP contribution >= 0.6 is 12.2 Å². The van der Waals surface area contributed by atoms with Crippen LogP contribution in [0, 0.1) is 16.4 Å². The first-order valence-electron chi connectivity index (χ1n) is 6.34. The lowest BCUT2D eigenvalue weighted by Gasteiger charge is -2.20. The lowest BCUT2D eigenvalue weighted by molar-refractivity contribution is 0.283. The van der Waals surface area contributed by atoms with E-state index in [1.165, 1.54) is 6.07 Å². The number of likely N-dealkylation sites (tertiary alicyclic amines) is 1. The monoisotopic (exact) mass is 283 g/mol. The second-order valence-corrected chi connectivity index (χ2v) is 5.49. The number of benzene rings is 1. The zero-order valence-electron chi connectivity index (χ0n) is 10.6. The van der Waals surface area contributed by atoms with Gasteiger partial charge in [-0.3, -0.25) is 0 Å². The van der Waals surface area contributed by atoms with Crippen molar-refractivity contribution >= 4 is 23.3 Å². The van der Waals surface area contributed by atoms with Gasteiger partial charge in [0.2, 0.25) is 0 Å². The van der Waals surface area contributed by atoms with Crippen molar-refractivity contribution in [1.82, 2.24) is 14.5 Å². The van der Waals surface area contributed by atoms with Crippen LogP contribution in [0.15, 0.2) is 12.1 Å². The van der Waals surface area contributed by atoms with E-state index in [1.54, 1.807) is 4.57 Å². The molecule has 0 bridgehead atoms. The fraction of sp³-hybridized carbons (Fsp3) is 0.462. The Bertz CT molecular complexity index is 676. The number of hydrogen-bond donors (Lipinski definition) is 1. The Morgan fingerprint density at radius 2 is 2.21 bits per heavy atom. The maximum Gasteiger partial charge on any atom is 0.178 e. The van der Waals surface area contributed by atoms with Gasteiger partial charge in [-0.15, -0.1) is 0 Å². The van der Waals surface area contributed by atoms with Crippen LogP contribution in [0.5, 0.6) is 0 Å². The van der Waals surface area contributed by atoms with E-state index in [-0.39, 0.29) is 5.52 Å². The molecule has 1 unspecified atom stereocenters. The SMILES string of the molecule is CN1CCCC1Cn1c(=S)[nH]c2c(F)cc(F)cc21. The maximum atomic E-state index is 13.7. The summed E-state index contributed by atoms with van der Waals surface area (Å²) in [6.45, 7) is 1.72. The number of halogens is 2. The van der Waals surface area contributed by atoms with Gasteiger partial charge in [0.1, 0.15) is 11.3 Å². The van der Waals surface area contributed by atoms with Crippen molar-refractivity contribution in [3.8, 4) is 0 Å². The second-order valence-electron chi connectivity index (χ2n) is 5.10. The van der Waals surface area contributed by atoms with E-state index in [1.807, 2.05) is 0 Å². The Labute approximate surface area is 114 Å². The molecule has 3 nitrogen and oxygen atoms in total. The largest absolute Gasteiger partial charge is 0.328 e. The molecule has 0 aliphatic carbocycles. The molecule has 1 saturated heterocycles. The van der Waals surface area contributed by atoms with Crippen molar-refractivity contribution in [2.75, 3.05) is 13.6 Å². The summed E-state index contributed by atoms with van der Waals surface area (Å²) in [6.07, 6.45) is 2.24. The van der Waals surface area contributed by atoms with Gasteiger partial charge >= 0.3 is 0 Å². The summed E-state index contributed by atoms with van der Waals surface area (Å²) < 4.78 is 29.3. The maximum absolute atomic E-state index is 13.7. The first-order chi connectivity index (χ1) is 9.06. The lowest BCUT2D eigenvalue weighted by Crippen LogP contribution is -2.29. The van der Waals surface area contributed by atoms with Crippen molar-refractivity contribution in [3.63, 3.8) is 0 Å². The van der Waals surface area contributed by atoms with E-state index >= 15 is 0 Å². The van der Waals surface area contributed by atoms with Crippen LogP contribution in [-0.2, 0) is 6.54 Å². The van der Waals surface area contributed by atoms with Crippen molar-refractivity contribution in [2.45, 2.75) is 25.4 Å². The van der Waals surface area contributed by atoms with Crippen molar-refractivity contribution in [2.24, 2.45) is 0 Å². The highest BCUT2D eigenvalue weighted by Crippen LogP contribution is 2.23.